The van der Waals surface area contributed by atoms with Crippen LogP contribution in [0.1, 0.15) is 56.2 Å². The zero-order chi connectivity index (χ0) is 13.4. The lowest BCUT2D eigenvalue weighted by Gasteiger charge is -2.17. The molecular formula is C16H20ClN. The normalized spacial score (nSPS) is 11.8. The van der Waals surface area contributed by atoms with Crippen LogP contribution in [-0.2, 0) is 0 Å². The lowest BCUT2D eigenvalue weighted by molar-refractivity contribution is 0.852. The Kier molecular flexibility index (Phi) is 3.63. The van der Waals surface area contributed by atoms with Gasteiger partial charge < -0.3 is 0 Å². The van der Waals surface area contributed by atoms with E-state index in [1.807, 2.05) is 6.20 Å². The van der Waals surface area contributed by atoms with Crippen molar-refractivity contribution in [1.29, 1.82) is 0 Å². The number of nitrogens with zero attached hydrogens (tertiary/aromatic N) is 1. The number of benzene rings is 1. The number of hydrogen-bond acceptors (Lipinski definition) is 1. The standard InChI is InChI=1S/C16H20ClN/c1-9(2)12-6-7-18-16-14(17)8-13(10(3)4)11(5)15(12)16/h6-10H,1-5H3. The van der Waals surface area contributed by atoms with Gasteiger partial charge in [0.25, 0.3) is 0 Å². The van der Waals surface area contributed by atoms with E-state index in [1.54, 1.807) is 0 Å². The van der Waals surface area contributed by atoms with Gasteiger partial charge in [-0.2, -0.15) is 0 Å². The first-order valence-electron chi connectivity index (χ1n) is 6.51. The molecule has 0 radical (unpaired) electrons. The van der Waals surface area contributed by atoms with Crippen LogP contribution in [-0.4, -0.2) is 4.98 Å². The predicted molar refractivity (Wildman–Crippen MR) is 79.7 cm³/mol. The van der Waals surface area contributed by atoms with Gasteiger partial charge in [0.15, 0.2) is 0 Å². The Morgan fingerprint density at radius 1 is 1.06 bits per heavy atom. The Morgan fingerprint density at radius 2 is 1.67 bits per heavy atom. The van der Waals surface area contributed by atoms with Crippen LogP contribution in [0.15, 0.2) is 18.3 Å². The molecule has 0 bridgehead atoms. The molecule has 2 rings (SSSR count). The lowest BCUT2D eigenvalue weighted by atomic mass is 9.90. The molecule has 0 aliphatic carbocycles. The first-order valence-corrected chi connectivity index (χ1v) is 6.88. The van der Waals surface area contributed by atoms with Crippen molar-refractivity contribution in [3.8, 4) is 0 Å². The van der Waals surface area contributed by atoms with E-state index in [4.69, 9.17) is 11.6 Å². The van der Waals surface area contributed by atoms with Crippen LogP contribution < -0.4 is 0 Å². The molecule has 0 atom stereocenters. The fourth-order valence-electron chi connectivity index (χ4n) is 2.59. The van der Waals surface area contributed by atoms with Crippen LogP contribution >= 0.6 is 11.6 Å². The maximum absolute atomic E-state index is 6.39. The van der Waals surface area contributed by atoms with Gasteiger partial charge >= 0.3 is 0 Å². The van der Waals surface area contributed by atoms with Crippen molar-refractivity contribution in [2.75, 3.05) is 0 Å². The molecule has 2 heteroatoms. The second-order valence-electron chi connectivity index (χ2n) is 5.51. The summed E-state index contributed by atoms with van der Waals surface area (Å²) < 4.78 is 0. The smallest absolute Gasteiger partial charge is 0.0893 e. The van der Waals surface area contributed by atoms with Gasteiger partial charge in [-0.1, -0.05) is 39.3 Å². The highest BCUT2D eigenvalue weighted by molar-refractivity contribution is 6.35. The van der Waals surface area contributed by atoms with E-state index >= 15 is 0 Å². The molecule has 0 aliphatic heterocycles. The summed E-state index contributed by atoms with van der Waals surface area (Å²) in [6.07, 6.45) is 1.86. The van der Waals surface area contributed by atoms with E-state index in [0.717, 1.165) is 10.5 Å². The summed E-state index contributed by atoms with van der Waals surface area (Å²) in [4.78, 5) is 4.45. The monoisotopic (exact) mass is 261 g/mol. The molecule has 0 aliphatic rings. The van der Waals surface area contributed by atoms with Crippen molar-refractivity contribution in [2.24, 2.45) is 0 Å². The van der Waals surface area contributed by atoms with Crippen LogP contribution in [0.25, 0.3) is 10.9 Å². The van der Waals surface area contributed by atoms with Crippen molar-refractivity contribution in [1.82, 2.24) is 4.98 Å². The first-order chi connectivity index (χ1) is 8.43. The summed E-state index contributed by atoms with van der Waals surface area (Å²) in [5.41, 5.74) is 4.91. The third kappa shape index (κ3) is 2.12. The van der Waals surface area contributed by atoms with Gasteiger partial charge in [0.2, 0.25) is 0 Å². The molecular weight excluding hydrogens is 242 g/mol. The van der Waals surface area contributed by atoms with Gasteiger partial charge in [0, 0.05) is 11.6 Å². The summed E-state index contributed by atoms with van der Waals surface area (Å²) in [7, 11) is 0. The van der Waals surface area contributed by atoms with Crippen LogP contribution in [0.3, 0.4) is 0 Å². The van der Waals surface area contributed by atoms with Crippen molar-refractivity contribution >= 4 is 22.5 Å². The van der Waals surface area contributed by atoms with Crippen molar-refractivity contribution in [3.05, 3.63) is 40.0 Å². The number of hydrogen-bond donors (Lipinski definition) is 0. The minimum atomic E-state index is 0.479. The number of aryl methyl sites for hydroxylation is 1. The van der Waals surface area contributed by atoms with Crippen molar-refractivity contribution < 1.29 is 0 Å². The lowest BCUT2D eigenvalue weighted by Crippen LogP contribution is -1.99. The minimum Gasteiger partial charge on any atom is -0.255 e. The second kappa shape index (κ2) is 4.89. The molecule has 0 fully saturated rings. The largest absolute Gasteiger partial charge is 0.255 e. The maximum Gasteiger partial charge on any atom is 0.0893 e. The summed E-state index contributed by atoms with van der Waals surface area (Å²) in [6, 6.07) is 4.18. The van der Waals surface area contributed by atoms with Crippen LogP contribution in [0, 0.1) is 6.92 Å². The molecule has 0 saturated heterocycles. The van der Waals surface area contributed by atoms with Gasteiger partial charge in [-0.3, -0.25) is 4.98 Å². The van der Waals surface area contributed by atoms with E-state index in [-0.39, 0.29) is 0 Å². The number of pyridine rings is 1. The molecule has 1 aromatic carbocycles. The molecule has 96 valence electrons. The summed E-state index contributed by atoms with van der Waals surface area (Å²) in [5, 5.41) is 2.01. The highest BCUT2D eigenvalue weighted by Gasteiger charge is 2.15. The van der Waals surface area contributed by atoms with Crippen molar-refractivity contribution in [2.45, 2.75) is 46.5 Å². The Morgan fingerprint density at radius 3 is 2.22 bits per heavy atom. The molecule has 2 aromatic rings. The molecule has 0 N–H and O–H groups in total. The molecule has 0 amide bonds. The Balaban J connectivity index is 2.91. The van der Waals surface area contributed by atoms with Gasteiger partial charge in [-0.05, 0) is 47.6 Å². The molecule has 0 saturated carbocycles. The molecule has 0 unspecified atom stereocenters. The molecule has 1 heterocycles. The van der Waals surface area contributed by atoms with E-state index in [9.17, 15) is 0 Å². The first kappa shape index (κ1) is 13.4. The highest BCUT2D eigenvalue weighted by atomic mass is 35.5. The predicted octanol–water partition coefficient (Wildman–Crippen LogP) is 5.44. The molecule has 18 heavy (non-hydrogen) atoms. The fraction of sp³-hybridized carbons (Fsp3) is 0.438. The van der Waals surface area contributed by atoms with Gasteiger partial charge in [0.1, 0.15) is 0 Å². The molecule has 1 aromatic heterocycles. The number of halogens is 1. The summed E-state index contributed by atoms with van der Waals surface area (Å²) >= 11 is 6.39. The van der Waals surface area contributed by atoms with Crippen LogP contribution in [0.5, 0.6) is 0 Å². The Bertz CT molecular complexity index is 585. The Hall–Kier alpha value is -1.08. The van der Waals surface area contributed by atoms with E-state index in [2.05, 4.69) is 51.7 Å². The third-order valence-corrected chi connectivity index (χ3v) is 3.83. The summed E-state index contributed by atoms with van der Waals surface area (Å²) in [6.45, 7) is 11.0. The fourth-order valence-corrected chi connectivity index (χ4v) is 2.85. The molecule has 1 nitrogen and oxygen atoms in total. The zero-order valence-corrected chi connectivity index (χ0v) is 12.5. The second-order valence-corrected chi connectivity index (χ2v) is 5.91. The van der Waals surface area contributed by atoms with E-state index in [1.165, 1.54) is 22.1 Å². The quantitative estimate of drug-likeness (QED) is 0.701. The van der Waals surface area contributed by atoms with Crippen LogP contribution in [0.2, 0.25) is 5.02 Å². The van der Waals surface area contributed by atoms with Gasteiger partial charge in [-0.15, -0.1) is 0 Å². The zero-order valence-electron chi connectivity index (χ0n) is 11.7. The topological polar surface area (TPSA) is 12.9 Å². The van der Waals surface area contributed by atoms with E-state index < -0.39 is 0 Å². The van der Waals surface area contributed by atoms with Gasteiger partial charge in [0.05, 0.1) is 10.5 Å². The number of fused-ring (bicyclic) bond motifs is 1. The number of rotatable bonds is 2. The third-order valence-electron chi connectivity index (χ3n) is 3.54. The average molecular weight is 262 g/mol. The SMILES string of the molecule is Cc1c(C(C)C)cc(Cl)c2nccc(C(C)C)c12. The minimum absolute atomic E-state index is 0.479. The summed E-state index contributed by atoms with van der Waals surface area (Å²) in [5.74, 6) is 0.958. The van der Waals surface area contributed by atoms with Gasteiger partial charge in [-0.25, -0.2) is 0 Å². The Labute approximate surface area is 114 Å². The molecule has 0 spiro atoms. The maximum atomic E-state index is 6.39. The van der Waals surface area contributed by atoms with E-state index in [0.29, 0.717) is 11.8 Å². The average Bonchev–Trinajstić information content (AvgIpc) is 2.32. The number of aromatic nitrogens is 1. The van der Waals surface area contributed by atoms with Crippen molar-refractivity contribution in [3.63, 3.8) is 0 Å². The highest BCUT2D eigenvalue weighted by Crippen LogP contribution is 2.35. The van der Waals surface area contributed by atoms with Crippen LogP contribution in [0.4, 0.5) is 0 Å².